The van der Waals surface area contributed by atoms with Crippen LogP contribution in [0.4, 0.5) is 0 Å². The van der Waals surface area contributed by atoms with E-state index < -0.39 is 0 Å². The van der Waals surface area contributed by atoms with E-state index >= 15 is 0 Å². The third-order valence-electron chi connectivity index (χ3n) is 3.66. The summed E-state index contributed by atoms with van der Waals surface area (Å²) in [7, 11) is 1.73. The van der Waals surface area contributed by atoms with Gasteiger partial charge in [0.25, 0.3) is 0 Å². The van der Waals surface area contributed by atoms with Gasteiger partial charge in [-0.15, -0.1) is 0 Å². The summed E-state index contributed by atoms with van der Waals surface area (Å²) >= 11 is 3.51. The molecule has 17 heavy (non-hydrogen) atoms. The summed E-state index contributed by atoms with van der Waals surface area (Å²) in [6.07, 6.45) is 5.25. The highest BCUT2D eigenvalue weighted by molar-refractivity contribution is 9.10. The summed E-state index contributed by atoms with van der Waals surface area (Å²) in [5.41, 5.74) is 1.53. The molecule has 0 aliphatic heterocycles. The number of ether oxygens (including phenoxy) is 1. The van der Waals surface area contributed by atoms with Crippen LogP contribution in [0.3, 0.4) is 0 Å². The highest BCUT2D eigenvalue weighted by atomic mass is 79.9. The maximum atomic E-state index is 5.39. The van der Waals surface area contributed by atoms with E-state index in [0.29, 0.717) is 5.54 Å². The number of nitrogens with one attached hydrogen (secondary N) is 1. The molecule has 1 N–H and O–H groups in total. The van der Waals surface area contributed by atoms with Gasteiger partial charge in [-0.05, 0) is 38.0 Å². The Labute approximate surface area is 112 Å². The smallest absolute Gasteiger partial charge is 0.123 e. The Balaban J connectivity index is 2.05. The van der Waals surface area contributed by atoms with Crippen LogP contribution < -0.4 is 10.1 Å². The van der Waals surface area contributed by atoms with Gasteiger partial charge in [0, 0.05) is 22.1 Å². The molecule has 3 heteroatoms. The van der Waals surface area contributed by atoms with Crippen LogP contribution in [-0.4, -0.2) is 12.6 Å². The monoisotopic (exact) mass is 297 g/mol. The minimum Gasteiger partial charge on any atom is -0.496 e. The van der Waals surface area contributed by atoms with Crippen LogP contribution in [0.25, 0.3) is 0 Å². The van der Waals surface area contributed by atoms with Crippen molar-refractivity contribution in [3.8, 4) is 5.75 Å². The van der Waals surface area contributed by atoms with Crippen molar-refractivity contribution in [2.75, 3.05) is 7.11 Å². The van der Waals surface area contributed by atoms with Gasteiger partial charge in [0.15, 0.2) is 0 Å². The molecule has 94 valence electrons. The fraction of sp³-hybridized carbons (Fsp3) is 0.571. The lowest BCUT2D eigenvalue weighted by Crippen LogP contribution is -2.38. The Morgan fingerprint density at radius 2 is 2.06 bits per heavy atom. The molecule has 2 rings (SSSR count). The summed E-state index contributed by atoms with van der Waals surface area (Å²) < 4.78 is 6.49. The molecular weight excluding hydrogens is 278 g/mol. The topological polar surface area (TPSA) is 21.3 Å². The van der Waals surface area contributed by atoms with Gasteiger partial charge in [-0.2, -0.15) is 0 Å². The second kappa shape index (κ2) is 5.40. The van der Waals surface area contributed by atoms with E-state index in [1.54, 1.807) is 7.11 Å². The van der Waals surface area contributed by atoms with Gasteiger partial charge in [0.1, 0.15) is 5.75 Å². The summed E-state index contributed by atoms with van der Waals surface area (Å²) in [5, 5.41) is 3.68. The lowest BCUT2D eigenvalue weighted by Gasteiger charge is -2.26. The third-order valence-corrected chi connectivity index (χ3v) is 4.15. The van der Waals surface area contributed by atoms with Gasteiger partial charge in [-0.1, -0.05) is 28.8 Å². The molecule has 0 amide bonds. The van der Waals surface area contributed by atoms with Crippen LogP contribution >= 0.6 is 15.9 Å². The normalized spacial score (nSPS) is 18.3. The van der Waals surface area contributed by atoms with Crippen molar-refractivity contribution in [3.63, 3.8) is 0 Å². The second-order valence-electron chi connectivity index (χ2n) is 5.08. The first-order valence-electron chi connectivity index (χ1n) is 6.20. The molecule has 0 aromatic heterocycles. The van der Waals surface area contributed by atoms with E-state index in [0.717, 1.165) is 16.8 Å². The van der Waals surface area contributed by atoms with Gasteiger partial charge < -0.3 is 10.1 Å². The maximum Gasteiger partial charge on any atom is 0.123 e. The average Bonchev–Trinajstić information content (AvgIpc) is 2.74. The fourth-order valence-electron chi connectivity index (χ4n) is 2.53. The van der Waals surface area contributed by atoms with Gasteiger partial charge in [0.05, 0.1) is 7.11 Å². The van der Waals surface area contributed by atoms with Crippen LogP contribution in [-0.2, 0) is 6.54 Å². The van der Waals surface area contributed by atoms with Gasteiger partial charge in [-0.25, -0.2) is 0 Å². The van der Waals surface area contributed by atoms with E-state index in [1.165, 1.54) is 31.2 Å². The van der Waals surface area contributed by atoms with Crippen LogP contribution in [0.1, 0.15) is 38.2 Å². The molecule has 0 unspecified atom stereocenters. The van der Waals surface area contributed by atoms with E-state index in [1.807, 2.05) is 12.1 Å². The molecule has 1 aromatic rings. The van der Waals surface area contributed by atoms with Crippen LogP contribution in [0.15, 0.2) is 22.7 Å². The van der Waals surface area contributed by atoms with Crippen molar-refractivity contribution in [2.24, 2.45) is 0 Å². The Morgan fingerprint density at radius 1 is 1.35 bits per heavy atom. The summed E-state index contributed by atoms with van der Waals surface area (Å²) in [6.45, 7) is 3.20. The Hall–Kier alpha value is -0.540. The molecule has 1 aromatic carbocycles. The molecule has 2 nitrogen and oxygen atoms in total. The average molecular weight is 298 g/mol. The number of hydrogen-bond donors (Lipinski definition) is 1. The zero-order valence-corrected chi connectivity index (χ0v) is 12.1. The predicted octanol–water partition coefficient (Wildman–Crippen LogP) is 3.88. The Morgan fingerprint density at radius 3 is 2.71 bits per heavy atom. The van der Waals surface area contributed by atoms with Crippen LogP contribution in [0.2, 0.25) is 0 Å². The van der Waals surface area contributed by atoms with Crippen molar-refractivity contribution in [3.05, 3.63) is 28.2 Å². The first-order chi connectivity index (χ1) is 8.13. The second-order valence-corrected chi connectivity index (χ2v) is 5.99. The molecule has 1 fully saturated rings. The molecule has 0 spiro atoms. The highest BCUT2D eigenvalue weighted by Crippen LogP contribution is 2.30. The quantitative estimate of drug-likeness (QED) is 0.911. The van der Waals surface area contributed by atoms with E-state index in [2.05, 4.69) is 34.2 Å². The van der Waals surface area contributed by atoms with Gasteiger partial charge >= 0.3 is 0 Å². The van der Waals surface area contributed by atoms with E-state index in [-0.39, 0.29) is 0 Å². The van der Waals surface area contributed by atoms with Crippen molar-refractivity contribution in [1.29, 1.82) is 0 Å². The molecule has 0 radical (unpaired) electrons. The molecule has 1 aliphatic carbocycles. The number of benzene rings is 1. The molecule has 1 saturated carbocycles. The SMILES string of the molecule is COc1ccc(Br)cc1CNC1(C)CCCC1. The van der Waals surface area contributed by atoms with Gasteiger partial charge in [0.2, 0.25) is 0 Å². The highest BCUT2D eigenvalue weighted by Gasteiger charge is 2.27. The fourth-order valence-corrected chi connectivity index (χ4v) is 2.93. The van der Waals surface area contributed by atoms with E-state index in [4.69, 9.17) is 4.74 Å². The number of hydrogen-bond acceptors (Lipinski definition) is 2. The van der Waals surface area contributed by atoms with E-state index in [9.17, 15) is 0 Å². The predicted molar refractivity (Wildman–Crippen MR) is 74.4 cm³/mol. The van der Waals surface area contributed by atoms with Crippen molar-refractivity contribution in [1.82, 2.24) is 5.32 Å². The maximum absolute atomic E-state index is 5.39. The Kier molecular flexibility index (Phi) is 4.10. The molecule has 0 saturated heterocycles. The molecule has 0 heterocycles. The van der Waals surface area contributed by atoms with Crippen molar-refractivity contribution in [2.45, 2.75) is 44.7 Å². The molecule has 0 bridgehead atoms. The minimum absolute atomic E-state index is 0.313. The first kappa shape index (κ1) is 12.9. The standard InChI is InChI=1S/C14H20BrNO/c1-14(7-3-4-8-14)16-10-11-9-12(15)5-6-13(11)17-2/h5-6,9,16H,3-4,7-8,10H2,1-2H3. The minimum atomic E-state index is 0.313. The molecule has 1 aliphatic rings. The number of halogens is 1. The largest absolute Gasteiger partial charge is 0.496 e. The zero-order valence-electron chi connectivity index (χ0n) is 10.6. The number of methoxy groups -OCH3 is 1. The summed E-state index contributed by atoms with van der Waals surface area (Å²) in [4.78, 5) is 0. The lowest BCUT2D eigenvalue weighted by molar-refractivity contribution is 0.354. The van der Waals surface area contributed by atoms with Crippen LogP contribution in [0, 0.1) is 0 Å². The molecular formula is C14H20BrNO. The lowest BCUT2D eigenvalue weighted by atomic mass is 10.0. The van der Waals surface area contributed by atoms with Crippen molar-refractivity contribution >= 4 is 15.9 Å². The number of rotatable bonds is 4. The summed E-state index contributed by atoms with van der Waals surface area (Å²) in [5.74, 6) is 0.960. The van der Waals surface area contributed by atoms with Crippen molar-refractivity contribution < 1.29 is 4.74 Å². The zero-order chi connectivity index (χ0) is 12.3. The van der Waals surface area contributed by atoms with Crippen LogP contribution in [0.5, 0.6) is 5.75 Å². The molecule has 0 atom stereocenters. The Bertz CT molecular complexity index is 386. The van der Waals surface area contributed by atoms with Gasteiger partial charge in [-0.3, -0.25) is 0 Å². The third kappa shape index (κ3) is 3.23. The summed E-state index contributed by atoms with van der Waals surface area (Å²) in [6, 6.07) is 6.15. The first-order valence-corrected chi connectivity index (χ1v) is 7.00.